The summed E-state index contributed by atoms with van der Waals surface area (Å²) >= 11 is 0. The van der Waals surface area contributed by atoms with Crippen molar-refractivity contribution in [1.82, 2.24) is 10.6 Å². The van der Waals surface area contributed by atoms with Gasteiger partial charge in [-0.05, 0) is 51.0 Å². The van der Waals surface area contributed by atoms with Gasteiger partial charge < -0.3 is 24.8 Å². The summed E-state index contributed by atoms with van der Waals surface area (Å²) < 4.78 is 16.2. The van der Waals surface area contributed by atoms with E-state index >= 15 is 0 Å². The molecule has 0 fully saturated rings. The molecule has 0 spiro atoms. The lowest BCUT2D eigenvalue weighted by molar-refractivity contribution is -0.117. The van der Waals surface area contributed by atoms with Crippen LogP contribution in [0, 0.1) is 18.3 Å². The van der Waals surface area contributed by atoms with Crippen molar-refractivity contribution in [2.24, 2.45) is 0 Å². The quantitative estimate of drug-likeness (QED) is 0.315. The fourth-order valence-corrected chi connectivity index (χ4v) is 3.22. The first kappa shape index (κ1) is 24.6. The van der Waals surface area contributed by atoms with E-state index in [1.54, 1.807) is 14.2 Å². The summed E-state index contributed by atoms with van der Waals surface area (Å²) in [5.74, 6) is 1.61. The van der Waals surface area contributed by atoms with Crippen LogP contribution in [0.15, 0.2) is 48.2 Å². The van der Waals surface area contributed by atoms with E-state index in [1.807, 2.05) is 63.2 Å². The van der Waals surface area contributed by atoms with Gasteiger partial charge in [-0.15, -0.1) is 0 Å². The SMILES string of the molecule is CCOc1ccc(C)cc1C(C)NC(=O)/C(C#N)=C\NCCc1ccc(OC)c(OC)c1. The van der Waals surface area contributed by atoms with Gasteiger partial charge in [-0.1, -0.05) is 23.8 Å². The number of rotatable bonds is 11. The van der Waals surface area contributed by atoms with Crippen molar-refractivity contribution < 1.29 is 19.0 Å². The second kappa shape index (κ2) is 12.3. The topological polar surface area (TPSA) is 92.6 Å². The van der Waals surface area contributed by atoms with Crippen molar-refractivity contribution in [2.75, 3.05) is 27.4 Å². The Hall–Kier alpha value is -3.66. The largest absolute Gasteiger partial charge is 0.494 e. The van der Waals surface area contributed by atoms with Crippen molar-refractivity contribution >= 4 is 5.91 Å². The highest BCUT2D eigenvalue weighted by Crippen LogP contribution is 2.28. The molecule has 7 nitrogen and oxygen atoms in total. The van der Waals surface area contributed by atoms with Gasteiger partial charge in [0.05, 0.1) is 26.9 Å². The van der Waals surface area contributed by atoms with E-state index in [1.165, 1.54) is 6.20 Å². The van der Waals surface area contributed by atoms with Crippen LogP contribution in [0.5, 0.6) is 17.2 Å². The van der Waals surface area contributed by atoms with Crippen LogP contribution in [0.2, 0.25) is 0 Å². The lowest BCUT2D eigenvalue weighted by atomic mass is 10.0. The molecule has 1 unspecified atom stereocenters. The Morgan fingerprint density at radius 1 is 1.12 bits per heavy atom. The highest BCUT2D eigenvalue weighted by atomic mass is 16.5. The van der Waals surface area contributed by atoms with Crippen molar-refractivity contribution in [3.8, 4) is 23.3 Å². The molecular formula is C25H31N3O4. The van der Waals surface area contributed by atoms with Gasteiger partial charge in [-0.3, -0.25) is 4.79 Å². The molecule has 0 aliphatic heterocycles. The number of carbonyl (C=O) groups excluding carboxylic acids is 1. The van der Waals surface area contributed by atoms with Gasteiger partial charge in [-0.25, -0.2) is 0 Å². The predicted molar refractivity (Wildman–Crippen MR) is 124 cm³/mol. The molecule has 0 aliphatic carbocycles. The Morgan fingerprint density at radius 3 is 2.50 bits per heavy atom. The van der Waals surface area contributed by atoms with Crippen LogP contribution >= 0.6 is 0 Å². The monoisotopic (exact) mass is 437 g/mol. The fourth-order valence-electron chi connectivity index (χ4n) is 3.22. The van der Waals surface area contributed by atoms with E-state index in [2.05, 4.69) is 10.6 Å². The van der Waals surface area contributed by atoms with Crippen LogP contribution in [-0.4, -0.2) is 33.3 Å². The molecule has 0 saturated carbocycles. The molecule has 0 aliphatic rings. The summed E-state index contributed by atoms with van der Waals surface area (Å²) in [6, 6.07) is 13.2. The zero-order valence-corrected chi connectivity index (χ0v) is 19.3. The van der Waals surface area contributed by atoms with E-state index in [-0.39, 0.29) is 11.6 Å². The van der Waals surface area contributed by atoms with Gasteiger partial charge in [0.1, 0.15) is 17.4 Å². The molecule has 170 valence electrons. The van der Waals surface area contributed by atoms with Crippen LogP contribution in [-0.2, 0) is 11.2 Å². The lowest BCUT2D eigenvalue weighted by Crippen LogP contribution is -2.29. The molecular weight excluding hydrogens is 406 g/mol. The first-order chi connectivity index (χ1) is 15.4. The molecule has 0 saturated heterocycles. The van der Waals surface area contributed by atoms with Crippen molar-refractivity contribution in [1.29, 1.82) is 5.26 Å². The van der Waals surface area contributed by atoms with Gasteiger partial charge in [-0.2, -0.15) is 5.26 Å². The molecule has 2 N–H and O–H groups in total. The average Bonchev–Trinajstić information content (AvgIpc) is 2.80. The third kappa shape index (κ3) is 6.67. The zero-order valence-electron chi connectivity index (χ0n) is 19.3. The van der Waals surface area contributed by atoms with Gasteiger partial charge in [0.15, 0.2) is 11.5 Å². The second-order valence-electron chi connectivity index (χ2n) is 7.23. The minimum Gasteiger partial charge on any atom is -0.494 e. The van der Waals surface area contributed by atoms with E-state index in [0.717, 1.165) is 22.4 Å². The number of aryl methyl sites for hydroxylation is 1. The number of amides is 1. The summed E-state index contributed by atoms with van der Waals surface area (Å²) in [6.45, 7) is 6.85. The molecule has 7 heteroatoms. The Bertz CT molecular complexity index is 995. The molecule has 2 aromatic rings. The first-order valence-electron chi connectivity index (χ1n) is 10.5. The number of nitrogens with one attached hydrogen (secondary N) is 2. The second-order valence-corrected chi connectivity index (χ2v) is 7.23. The maximum atomic E-state index is 12.6. The molecule has 2 aromatic carbocycles. The molecule has 32 heavy (non-hydrogen) atoms. The average molecular weight is 438 g/mol. The number of nitriles is 1. The summed E-state index contributed by atoms with van der Waals surface area (Å²) in [6.07, 6.45) is 2.14. The van der Waals surface area contributed by atoms with Crippen LogP contribution < -0.4 is 24.8 Å². The van der Waals surface area contributed by atoms with Crippen LogP contribution in [0.4, 0.5) is 0 Å². The zero-order chi connectivity index (χ0) is 23.5. The number of hydrogen-bond acceptors (Lipinski definition) is 6. The van der Waals surface area contributed by atoms with E-state index in [4.69, 9.17) is 14.2 Å². The summed E-state index contributed by atoms with van der Waals surface area (Å²) in [4.78, 5) is 12.6. The first-order valence-corrected chi connectivity index (χ1v) is 10.5. The Kier molecular flexibility index (Phi) is 9.43. The van der Waals surface area contributed by atoms with Crippen molar-refractivity contribution in [2.45, 2.75) is 33.2 Å². The van der Waals surface area contributed by atoms with Crippen LogP contribution in [0.3, 0.4) is 0 Å². The maximum absolute atomic E-state index is 12.6. The van der Waals surface area contributed by atoms with Crippen molar-refractivity contribution in [3.63, 3.8) is 0 Å². The molecule has 0 bridgehead atoms. The standard InChI is InChI=1S/C25H31N3O4/c1-6-32-22-9-7-17(2)13-21(22)18(3)28-25(29)20(15-26)16-27-12-11-19-8-10-23(30-4)24(14-19)31-5/h7-10,13-14,16,18,27H,6,11-12H2,1-5H3,(H,28,29)/b20-16-. The molecule has 0 radical (unpaired) electrons. The highest BCUT2D eigenvalue weighted by molar-refractivity contribution is 5.97. The number of ether oxygens (including phenoxy) is 3. The Balaban J connectivity index is 1.98. The minimum atomic E-state index is -0.442. The summed E-state index contributed by atoms with van der Waals surface area (Å²) in [7, 11) is 3.19. The number of carbonyl (C=O) groups is 1. The molecule has 2 rings (SSSR count). The summed E-state index contributed by atoms with van der Waals surface area (Å²) in [5, 5.41) is 15.4. The Morgan fingerprint density at radius 2 is 1.84 bits per heavy atom. The maximum Gasteiger partial charge on any atom is 0.263 e. The Labute approximate surface area is 190 Å². The highest BCUT2D eigenvalue weighted by Gasteiger charge is 2.17. The third-order valence-corrected chi connectivity index (χ3v) is 4.90. The molecule has 0 aromatic heterocycles. The van der Waals surface area contributed by atoms with Gasteiger partial charge in [0.25, 0.3) is 5.91 Å². The van der Waals surface area contributed by atoms with Gasteiger partial charge >= 0.3 is 0 Å². The number of nitrogens with zero attached hydrogens (tertiary/aromatic N) is 1. The third-order valence-electron chi connectivity index (χ3n) is 4.90. The predicted octanol–water partition coefficient (Wildman–Crippen LogP) is 3.83. The number of benzene rings is 2. The molecule has 1 amide bonds. The van der Waals surface area contributed by atoms with E-state index in [9.17, 15) is 10.1 Å². The fraction of sp³-hybridized carbons (Fsp3) is 0.360. The van der Waals surface area contributed by atoms with Crippen molar-refractivity contribution in [3.05, 3.63) is 64.9 Å². The van der Waals surface area contributed by atoms with E-state index in [0.29, 0.717) is 31.1 Å². The number of hydrogen-bond donors (Lipinski definition) is 2. The molecule has 0 heterocycles. The van der Waals surface area contributed by atoms with Gasteiger partial charge in [0, 0.05) is 18.3 Å². The van der Waals surface area contributed by atoms with E-state index < -0.39 is 5.91 Å². The summed E-state index contributed by atoms with van der Waals surface area (Å²) in [5.41, 5.74) is 2.99. The van der Waals surface area contributed by atoms with Gasteiger partial charge in [0.2, 0.25) is 0 Å². The van der Waals surface area contributed by atoms with Crippen LogP contribution in [0.1, 0.15) is 36.6 Å². The lowest BCUT2D eigenvalue weighted by Gasteiger charge is -2.18. The number of methoxy groups -OCH3 is 2. The normalized spacial score (nSPS) is 11.8. The minimum absolute atomic E-state index is 0.00905. The molecule has 1 atom stereocenters. The van der Waals surface area contributed by atoms with Crippen LogP contribution in [0.25, 0.3) is 0 Å². The smallest absolute Gasteiger partial charge is 0.263 e.